The van der Waals surface area contributed by atoms with Crippen LogP contribution < -0.4 is 15.0 Å². The standard InChI is InChI=1S/C22H18F3N7O3/c1-31-17(12-34-18-7-4-14(10-27-18)22(23,24)25)16(11-28-31)20-29-19(30-35-20)13-2-5-15(6-3-13)32-9-8-26-21(32)33/h2-7,10-11H,8-9,12H2,1H3,(H,26,33). The Kier molecular flexibility index (Phi) is 5.59. The predicted octanol–water partition coefficient (Wildman–Crippen LogP) is 3.66. The Labute approximate surface area is 196 Å². The highest BCUT2D eigenvalue weighted by atomic mass is 19.4. The van der Waals surface area contributed by atoms with E-state index in [4.69, 9.17) is 9.26 Å². The fraction of sp³-hybridized carbons (Fsp3) is 0.227. The third-order valence-electron chi connectivity index (χ3n) is 5.43. The summed E-state index contributed by atoms with van der Waals surface area (Å²) in [6.45, 7) is 1.16. The van der Waals surface area contributed by atoms with E-state index in [-0.39, 0.29) is 24.4 Å². The largest absolute Gasteiger partial charge is 0.471 e. The van der Waals surface area contributed by atoms with Crippen molar-refractivity contribution in [2.45, 2.75) is 12.8 Å². The molecular formula is C22H18F3N7O3. The van der Waals surface area contributed by atoms with Gasteiger partial charge in [0.1, 0.15) is 6.61 Å². The molecule has 10 nitrogen and oxygen atoms in total. The molecule has 0 atom stereocenters. The SMILES string of the molecule is Cn1ncc(-c2nc(-c3ccc(N4CCNC4=O)cc3)no2)c1COc1ccc(C(F)(F)F)cn1. The third-order valence-corrected chi connectivity index (χ3v) is 5.43. The number of hydrogen-bond donors (Lipinski definition) is 1. The summed E-state index contributed by atoms with van der Waals surface area (Å²) in [5.74, 6) is 0.579. The van der Waals surface area contributed by atoms with Crippen LogP contribution in [0, 0.1) is 0 Å². The zero-order valence-electron chi connectivity index (χ0n) is 18.3. The Hall–Kier alpha value is -4.42. The quantitative estimate of drug-likeness (QED) is 0.444. The van der Waals surface area contributed by atoms with E-state index >= 15 is 0 Å². The van der Waals surface area contributed by atoms with E-state index in [2.05, 4.69) is 25.5 Å². The van der Waals surface area contributed by atoms with Gasteiger partial charge in [0.25, 0.3) is 5.89 Å². The molecule has 1 aliphatic rings. The van der Waals surface area contributed by atoms with Crippen LogP contribution in [0.2, 0.25) is 0 Å². The van der Waals surface area contributed by atoms with Gasteiger partial charge in [-0.1, -0.05) is 5.16 Å². The van der Waals surface area contributed by atoms with Gasteiger partial charge in [0.15, 0.2) is 0 Å². The molecule has 1 saturated heterocycles. The highest BCUT2D eigenvalue weighted by molar-refractivity contribution is 5.94. The normalized spacial score (nSPS) is 13.8. The van der Waals surface area contributed by atoms with E-state index in [1.54, 1.807) is 40.9 Å². The van der Waals surface area contributed by atoms with Crippen LogP contribution in [0.25, 0.3) is 22.8 Å². The molecule has 1 N–H and O–H groups in total. The van der Waals surface area contributed by atoms with E-state index < -0.39 is 11.7 Å². The molecule has 0 aliphatic carbocycles. The first kappa shape index (κ1) is 22.4. The van der Waals surface area contributed by atoms with E-state index in [1.807, 2.05) is 0 Å². The number of nitrogens with one attached hydrogen (secondary N) is 1. The number of aromatic nitrogens is 5. The van der Waals surface area contributed by atoms with Crippen molar-refractivity contribution in [2.24, 2.45) is 7.05 Å². The molecule has 1 aromatic carbocycles. The summed E-state index contributed by atoms with van der Waals surface area (Å²) in [6.07, 6.45) is -2.23. The van der Waals surface area contributed by atoms with E-state index in [0.717, 1.165) is 17.8 Å². The fourth-order valence-electron chi connectivity index (χ4n) is 3.55. The molecule has 3 aromatic heterocycles. The van der Waals surface area contributed by atoms with Gasteiger partial charge in [0.05, 0.1) is 23.0 Å². The molecule has 5 rings (SSSR count). The second kappa shape index (κ2) is 8.74. The number of anilines is 1. The number of halogens is 3. The lowest BCUT2D eigenvalue weighted by Crippen LogP contribution is -2.27. The minimum absolute atomic E-state index is 0.0307. The number of benzene rings is 1. The summed E-state index contributed by atoms with van der Waals surface area (Å²) in [6, 6.07) is 9.10. The minimum Gasteiger partial charge on any atom is -0.471 e. The van der Waals surface area contributed by atoms with Crippen molar-refractivity contribution in [3.63, 3.8) is 0 Å². The van der Waals surface area contributed by atoms with Gasteiger partial charge in [-0.05, 0) is 30.3 Å². The van der Waals surface area contributed by atoms with Crippen molar-refractivity contribution in [1.82, 2.24) is 30.2 Å². The molecule has 4 heterocycles. The van der Waals surface area contributed by atoms with Crippen LogP contribution in [0.4, 0.5) is 23.7 Å². The summed E-state index contributed by atoms with van der Waals surface area (Å²) in [4.78, 5) is 21.6. The lowest BCUT2D eigenvalue weighted by Gasteiger charge is -2.13. The number of hydrogen-bond acceptors (Lipinski definition) is 7. The Bertz CT molecular complexity index is 1350. The molecule has 0 radical (unpaired) electrons. The van der Waals surface area contributed by atoms with Crippen LogP contribution in [0.15, 0.2) is 53.3 Å². The fourth-order valence-corrected chi connectivity index (χ4v) is 3.55. The smallest absolute Gasteiger partial charge is 0.417 e. The highest BCUT2D eigenvalue weighted by Crippen LogP contribution is 2.30. The van der Waals surface area contributed by atoms with E-state index in [9.17, 15) is 18.0 Å². The van der Waals surface area contributed by atoms with Crippen molar-refractivity contribution in [2.75, 3.05) is 18.0 Å². The second-order valence-electron chi connectivity index (χ2n) is 7.65. The van der Waals surface area contributed by atoms with Crippen molar-refractivity contribution in [3.05, 3.63) is 60.0 Å². The number of rotatable bonds is 6. The summed E-state index contributed by atoms with van der Waals surface area (Å²) in [5.41, 5.74) is 1.68. The van der Waals surface area contributed by atoms with Gasteiger partial charge in [0.2, 0.25) is 11.7 Å². The molecule has 2 amide bonds. The van der Waals surface area contributed by atoms with Gasteiger partial charge in [0, 0.05) is 43.7 Å². The maximum atomic E-state index is 12.7. The number of carbonyl (C=O) groups is 1. The second-order valence-corrected chi connectivity index (χ2v) is 7.65. The molecule has 13 heteroatoms. The average Bonchev–Trinajstić information content (AvgIpc) is 3.58. The molecular weight excluding hydrogens is 467 g/mol. The summed E-state index contributed by atoms with van der Waals surface area (Å²) in [5, 5.41) is 11.0. The van der Waals surface area contributed by atoms with Gasteiger partial charge >= 0.3 is 12.2 Å². The molecule has 35 heavy (non-hydrogen) atoms. The van der Waals surface area contributed by atoms with Crippen molar-refractivity contribution >= 4 is 11.7 Å². The number of alkyl halides is 3. The number of carbonyl (C=O) groups excluding carboxylic acids is 1. The van der Waals surface area contributed by atoms with Gasteiger partial charge in [-0.15, -0.1) is 0 Å². The number of urea groups is 1. The van der Waals surface area contributed by atoms with E-state index in [0.29, 0.717) is 41.9 Å². The summed E-state index contributed by atoms with van der Waals surface area (Å²) in [7, 11) is 1.69. The number of aryl methyl sites for hydroxylation is 1. The van der Waals surface area contributed by atoms with Crippen molar-refractivity contribution in [3.8, 4) is 28.7 Å². The Morgan fingerprint density at radius 3 is 2.60 bits per heavy atom. The number of nitrogens with zero attached hydrogens (tertiary/aromatic N) is 6. The zero-order valence-corrected chi connectivity index (χ0v) is 18.3. The summed E-state index contributed by atoms with van der Waals surface area (Å²) < 4.78 is 50.7. The first-order chi connectivity index (χ1) is 16.8. The van der Waals surface area contributed by atoms with Crippen LogP contribution in [-0.4, -0.2) is 44.0 Å². The first-order valence-electron chi connectivity index (χ1n) is 10.5. The third kappa shape index (κ3) is 4.52. The van der Waals surface area contributed by atoms with Crippen LogP contribution >= 0.6 is 0 Å². The maximum absolute atomic E-state index is 12.7. The molecule has 0 bridgehead atoms. The molecule has 1 fully saturated rings. The molecule has 1 aliphatic heterocycles. The number of ether oxygens (including phenoxy) is 1. The lowest BCUT2D eigenvalue weighted by molar-refractivity contribution is -0.137. The molecule has 0 spiro atoms. The average molecular weight is 485 g/mol. The molecule has 180 valence electrons. The predicted molar refractivity (Wildman–Crippen MR) is 116 cm³/mol. The Morgan fingerprint density at radius 2 is 1.94 bits per heavy atom. The monoisotopic (exact) mass is 485 g/mol. The Balaban J connectivity index is 1.31. The van der Waals surface area contributed by atoms with Gasteiger partial charge < -0.3 is 14.6 Å². The van der Waals surface area contributed by atoms with Crippen molar-refractivity contribution < 1.29 is 27.2 Å². The zero-order chi connectivity index (χ0) is 24.6. The lowest BCUT2D eigenvalue weighted by atomic mass is 10.2. The van der Waals surface area contributed by atoms with Gasteiger partial charge in [-0.25, -0.2) is 9.78 Å². The highest BCUT2D eigenvalue weighted by Gasteiger charge is 2.30. The van der Waals surface area contributed by atoms with Crippen LogP contribution in [0.5, 0.6) is 5.88 Å². The first-order valence-corrected chi connectivity index (χ1v) is 10.5. The van der Waals surface area contributed by atoms with Crippen LogP contribution in [0.3, 0.4) is 0 Å². The molecule has 0 saturated carbocycles. The van der Waals surface area contributed by atoms with Crippen LogP contribution in [0.1, 0.15) is 11.3 Å². The molecule has 4 aromatic rings. The molecule has 0 unspecified atom stereocenters. The van der Waals surface area contributed by atoms with Crippen molar-refractivity contribution in [1.29, 1.82) is 0 Å². The van der Waals surface area contributed by atoms with Gasteiger partial charge in [-0.2, -0.15) is 23.3 Å². The van der Waals surface area contributed by atoms with Gasteiger partial charge in [-0.3, -0.25) is 9.58 Å². The maximum Gasteiger partial charge on any atom is 0.417 e. The number of amides is 2. The number of pyridine rings is 1. The topological polar surface area (TPSA) is 111 Å². The Morgan fingerprint density at radius 1 is 1.14 bits per heavy atom. The minimum atomic E-state index is -4.47. The van der Waals surface area contributed by atoms with Crippen LogP contribution in [-0.2, 0) is 19.8 Å². The van der Waals surface area contributed by atoms with E-state index in [1.165, 1.54) is 6.20 Å². The summed E-state index contributed by atoms with van der Waals surface area (Å²) >= 11 is 0.